The summed E-state index contributed by atoms with van der Waals surface area (Å²) < 4.78 is 0. The average Bonchev–Trinajstić information content (AvgIpc) is 3.35. The van der Waals surface area contributed by atoms with Gasteiger partial charge in [0, 0.05) is 58.6 Å². The van der Waals surface area contributed by atoms with E-state index in [9.17, 15) is 4.79 Å². The number of hydrogen-bond acceptors (Lipinski definition) is 5. The molecule has 1 saturated heterocycles. The number of hydrogen-bond donors (Lipinski definition) is 0. The van der Waals surface area contributed by atoms with Gasteiger partial charge >= 0.3 is 0 Å². The van der Waals surface area contributed by atoms with Crippen LogP contribution in [0.15, 0.2) is 18.5 Å². The molecule has 2 saturated carbocycles. The molecule has 3 fully saturated rings. The molecule has 0 aromatic carbocycles. The monoisotopic (exact) mass is 385 g/mol. The summed E-state index contributed by atoms with van der Waals surface area (Å²) in [5, 5.41) is 0. The lowest BCUT2D eigenvalue weighted by Gasteiger charge is -2.34. The Morgan fingerprint density at radius 2 is 1.89 bits per heavy atom. The van der Waals surface area contributed by atoms with Crippen molar-refractivity contribution < 1.29 is 4.79 Å². The van der Waals surface area contributed by atoms with E-state index < -0.39 is 0 Å². The zero-order valence-corrected chi connectivity index (χ0v) is 17.3. The summed E-state index contributed by atoms with van der Waals surface area (Å²) in [5.74, 6) is 3.68. The fourth-order valence-electron chi connectivity index (χ4n) is 5.44. The van der Waals surface area contributed by atoms with Crippen LogP contribution in [0.4, 0.5) is 5.95 Å². The molecule has 6 heteroatoms. The highest BCUT2D eigenvalue weighted by molar-refractivity contribution is 5.76. The second kappa shape index (κ2) is 9.21. The molecule has 0 spiro atoms. The van der Waals surface area contributed by atoms with Gasteiger partial charge in [-0.05, 0) is 62.5 Å². The number of amides is 1. The largest absolute Gasteiger partial charge is 0.346 e. The number of carbonyl (C=O) groups excluding carboxylic acids is 1. The molecule has 28 heavy (non-hydrogen) atoms. The van der Waals surface area contributed by atoms with Crippen LogP contribution in [0.25, 0.3) is 0 Å². The summed E-state index contributed by atoms with van der Waals surface area (Å²) in [6.07, 6.45) is 12.2. The predicted octanol–water partition coefficient (Wildman–Crippen LogP) is 2.66. The minimum Gasteiger partial charge on any atom is -0.346 e. The summed E-state index contributed by atoms with van der Waals surface area (Å²) >= 11 is 0. The lowest BCUT2D eigenvalue weighted by atomic mass is 9.86. The van der Waals surface area contributed by atoms with Crippen LogP contribution in [-0.4, -0.2) is 72.0 Å². The second-order valence-electron chi connectivity index (χ2n) is 9.04. The van der Waals surface area contributed by atoms with Crippen molar-refractivity contribution in [3.05, 3.63) is 18.5 Å². The van der Waals surface area contributed by atoms with Gasteiger partial charge < -0.3 is 9.80 Å². The maximum atomic E-state index is 12.5. The summed E-state index contributed by atoms with van der Waals surface area (Å²) in [6, 6.07) is 1.86. The molecule has 3 unspecified atom stereocenters. The lowest BCUT2D eigenvalue weighted by Crippen LogP contribution is -2.47. The number of carbonyl (C=O) groups is 1. The van der Waals surface area contributed by atoms with Gasteiger partial charge in [0.2, 0.25) is 11.9 Å². The number of unbranched alkanes of at least 4 members (excludes halogenated alkanes) is 1. The SMILES string of the molecule is CN(CCCCN1CCN(c2ncccn2)CC1)C(=O)CC1CC2CCC1C2. The fourth-order valence-corrected chi connectivity index (χ4v) is 5.44. The minimum atomic E-state index is 0.369. The Bertz CT molecular complexity index is 631. The normalized spacial score (nSPS) is 27.3. The van der Waals surface area contributed by atoms with Crippen molar-refractivity contribution >= 4 is 11.9 Å². The van der Waals surface area contributed by atoms with Crippen molar-refractivity contribution in [3.63, 3.8) is 0 Å². The molecule has 2 bridgehead atoms. The third-order valence-corrected chi connectivity index (χ3v) is 7.17. The zero-order valence-electron chi connectivity index (χ0n) is 17.3. The van der Waals surface area contributed by atoms with E-state index in [1.54, 1.807) is 0 Å². The van der Waals surface area contributed by atoms with Crippen LogP contribution < -0.4 is 4.90 Å². The summed E-state index contributed by atoms with van der Waals surface area (Å²) in [4.78, 5) is 28.0. The second-order valence-corrected chi connectivity index (χ2v) is 9.04. The molecule has 1 aromatic heterocycles. The summed E-state index contributed by atoms with van der Waals surface area (Å²) in [5.41, 5.74) is 0. The third-order valence-electron chi connectivity index (χ3n) is 7.17. The van der Waals surface area contributed by atoms with Crippen molar-refractivity contribution in [1.82, 2.24) is 19.8 Å². The van der Waals surface area contributed by atoms with E-state index in [1.165, 1.54) is 25.7 Å². The third kappa shape index (κ3) is 4.83. The summed E-state index contributed by atoms with van der Waals surface area (Å²) in [7, 11) is 1.99. The highest BCUT2D eigenvalue weighted by atomic mass is 16.2. The van der Waals surface area contributed by atoms with Gasteiger partial charge in [0.25, 0.3) is 0 Å². The number of rotatable bonds is 8. The van der Waals surface area contributed by atoms with Crippen molar-refractivity contribution in [2.75, 3.05) is 51.2 Å². The molecule has 1 aromatic rings. The van der Waals surface area contributed by atoms with E-state index in [0.29, 0.717) is 11.8 Å². The van der Waals surface area contributed by atoms with Crippen LogP contribution in [0.5, 0.6) is 0 Å². The average molecular weight is 386 g/mol. The van der Waals surface area contributed by atoms with E-state index in [2.05, 4.69) is 19.8 Å². The van der Waals surface area contributed by atoms with Gasteiger partial charge in [-0.2, -0.15) is 0 Å². The molecule has 1 aliphatic heterocycles. The zero-order chi connectivity index (χ0) is 19.3. The standard InChI is InChI=1S/C22H35N5O/c1-25(21(28)17-20-16-18-5-6-19(20)15-18)9-2-3-10-26-11-13-27(14-12-26)22-23-7-4-8-24-22/h4,7-8,18-20H,2-3,5-6,9-17H2,1H3. The first-order valence-electron chi connectivity index (χ1n) is 11.2. The molecule has 154 valence electrons. The predicted molar refractivity (Wildman–Crippen MR) is 111 cm³/mol. The van der Waals surface area contributed by atoms with Crippen molar-refractivity contribution in [1.29, 1.82) is 0 Å². The van der Waals surface area contributed by atoms with E-state index in [4.69, 9.17) is 0 Å². The van der Waals surface area contributed by atoms with Gasteiger partial charge in [-0.3, -0.25) is 9.69 Å². The van der Waals surface area contributed by atoms with Gasteiger partial charge in [0.15, 0.2) is 0 Å². The first kappa shape index (κ1) is 19.6. The Kier molecular flexibility index (Phi) is 6.45. The van der Waals surface area contributed by atoms with Gasteiger partial charge in [-0.25, -0.2) is 9.97 Å². The maximum Gasteiger partial charge on any atom is 0.225 e. The highest BCUT2D eigenvalue weighted by Crippen LogP contribution is 2.49. The van der Waals surface area contributed by atoms with Crippen LogP contribution in [-0.2, 0) is 4.79 Å². The Morgan fingerprint density at radius 1 is 1.11 bits per heavy atom. The first-order valence-corrected chi connectivity index (χ1v) is 11.2. The summed E-state index contributed by atoms with van der Waals surface area (Å²) in [6.45, 7) is 6.14. The molecule has 0 radical (unpaired) electrons. The number of fused-ring (bicyclic) bond motifs is 2. The molecule has 1 amide bonds. The Morgan fingerprint density at radius 3 is 2.57 bits per heavy atom. The molecule has 3 aliphatic rings. The van der Waals surface area contributed by atoms with E-state index in [-0.39, 0.29) is 0 Å². The molecule has 2 aliphatic carbocycles. The first-order chi connectivity index (χ1) is 13.7. The van der Waals surface area contributed by atoms with E-state index in [0.717, 1.165) is 76.3 Å². The number of anilines is 1. The lowest BCUT2D eigenvalue weighted by molar-refractivity contribution is -0.131. The fraction of sp³-hybridized carbons (Fsp3) is 0.773. The molecule has 0 N–H and O–H groups in total. The van der Waals surface area contributed by atoms with Gasteiger partial charge in [0.05, 0.1) is 0 Å². The van der Waals surface area contributed by atoms with Gasteiger partial charge in [-0.1, -0.05) is 6.42 Å². The van der Waals surface area contributed by atoms with Crippen LogP contribution in [0.1, 0.15) is 44.9 Å². The molecule has 6 nitrogen and oxygen atoms in total. The smallest absolute Gasteiger partial charge is 0.225 e. The van der Waals surface area contributed by atoms with Crippen LogP contribution >= 0.6 is 0 Å². The topological polar surface area (TPSA) is 52.6 Å². The van der Waals surface area contributed by atoms with Crippen molar-refractivity contribution in [2.24, 2.45) is 17.8 Å². The maximum absolute atomic E-state index is 12.5. The van der Waals surface area contributed by atoms with Gasteiger partial charge in [0.1, 0.15) is 0 Å². The van der Waals surface area contributed by atoms with Crippen LogP contribution in [0.2, 0.25) is 0 Å². The molecule has 4 rings (SSSR count). The van der Waals surface area contributed by atoms with E-state index in [1.807, 2.05) is 30.4 Å². The Labute approximate surface area is 169 Å². The number of nitrogens with zero attached hydrogens (tertiary/aromatic N) is 5. The number of aromatic nitrogens is 2. The van der Waals surface area contributed by atoms with E-state index >= 15 is 0 Å². The minimum absolute atomic E-state index is 0.369. The van der Waals surface area contributed by atoms with Gasteiger partial charge in [-0.15, -0.1) is 0 Å². The highest BCUT2D eigenvalue weighted by Gasteiger charge is 2.40. The molecular formula is C22H35N5O. The van der Waals surface area contributed by atoms with Crippen LogP contribution in [0.3, 0.4) is 0 Å². The Hall–Kier alpha value is -1.69. The quantitative estimate of drug-likeness (QED) is 0.644. The van der Waals surface area contributed by atoms with Crippen LogP contribution in [0, 0.1) is 17.8 Å². The van der Waals surface area contributed by atoms with Crippen molar-refractivity contribution in [2.45, 2.75) is 44.9 Å². The number of piperazine rings is 1. The molecule has 3 atom stereocenters. The molecular weight excluding hydrogens is 350 g/mol. The molecule has 2 heterocycles. The Balaban J connectivity index is 1.08. The van der Waals surface area contributed by atoms with Crippen molar-refractivity contribution in [3.8, 4) is 0 Å².